The van der Waals surface area contributed by atoms with Crippen LogP contribution >= 0.6 is 22.9 Å². The third kappa shape index (κ3) is 4.06. The highest BCUT2D eigenvalue weighted by Gasteiger charge is 2.15. The van der Waals surface area contributed by atoms with Crippen LogP contribution in [-0.2, 0) is 0 Å². The number of halogens is 1. The number of thiazole rings is 1. The van der Waals surface area contributed by atoms with E-state index in [0.29, 0.717) is 20.3 Å². The monoisotopic (exact) mass is 511 g/mol. The molecule has 0 bridgehead atoms. The molecule has 3 heterocycles. The summed E-state index contributed by atoms with van der Waals surface area (Å²) in [5, 5.41) is 9.85. The summed E-state index contributed by atoms with van der Waals surface area (Å²) < 4.78 is 8.96. The van der Waals surface area contributed by atoms with E-state index in [9.17, 15) is 4.79 Å². The van der Waals surface area contributed by atoms with Gasteiger partial charge in [-0.25, -0.2) is 4.68 Å². The Morgan fingerprint density at radius 2 is 1.75 bits per heavy atom. The average molecular weight is 512 g/mol. The van der Waals surface area contributed by atoms with Crippen molar-refractivity contribution in [3.63, 3.8) is 0 Å². The first kappa shape index (κ1) is 22.2. The van der Waals surface area contributed by atoms with E-state index in [1.165, 1.54) is 15.9 Å². The number of aromatic nitrogens is 5. The topological polar surface area (TPSA) is 74.3 Å². The molecular formula is C27H18ClN5O2S. The van der Waals surface area contributed by atoms with Crippen molar-refractivity contribution in [2.45, 2.75) is 0 Å². The number of ether oxygens (including phenoxy) is 1. The number of hydrogen-bond donors (Lipinski definition) is 0. The second kappa shape index (κ2) is 9.07. The van der Waals surface area contributed by atoms with Gasteiger partial charge in [-0.1, -0.05) is 53.3 Å². The van der Waals surface area contributed by atoms with Gasteiger partial charge in [-0.3, -0.25) is 4.79 Å². The van der Waals surface area contributed by atoms with Crippen molar-refractivity contribution >= 4 is 34.0 Å². The Labute approximate surface area is 214 Å². The molecule has 0 saturated carbocycles. The van der Waals surface area contributed by atoms with Crippen LogP contribution in [0.15, 0.2) is 89.9 Å². The number of benzene rings is 3. The van der Waals surface area contributed by atoms with E-state index >= 15 is 0 Å². The fourth-order valence-corrected chi connectivity index (χ4v) is 4.99. The van der Waals surface area contributed by atoms with E-state index in [-0.39, 0.29) is 5.56 Å². The maximum atomic E-state index is 13.2. The molecule has 3 aromatic heterocycles. The summed E-state index contributed by atoms with van der Waals surface area (Å²) in [4.78, 5) is 18.3. The highest BCUT2D eigenvalue weighted by atomic mass is 35.5. The number of para-hydroxylation sites is 1. The van der Waals surface area contributed by atoms with Crippen molar-refractivity contribution in [1.29, 1.82) is 0 Å². The van der Waals surface area contributed by atoms with E-state index in [1.807, 2.05) is 83.7 Å². The van der Waals surface area contributed by atoms with Crippen molar-refractivity contribution in [2.24, 2.45) is 0 Å². The Bertz CT molecular complexity index is 1810. The first-order valence-electron chi connectivity index (χ1n) is 11.1. The molecule has 0 aliphatic rings. The van der Waals surface area contributed by atoms with Crippen molar-refractivity contribution in [3.05, 3.63) is 111 Å². The second-order valence-corrected chi connectivity index (χ2v) is 9.44. The highest BCUT2D eigenvalue weighted by molar-refractivity contribution is 7.15. The van der Waals surface area contributed by atoms with Gasteiger partial charge in [0, 0.05) is 27.9 Å². The molecule has 6 aromatic rings. The van der Waals surface area contributed by atoms with Crippen LogP contribution < -0.4 is 14.8 Å². The Hall–Kier alpha value is -4.27. The maximum Gasteiger partial charge on any atom is 0.291 e. The van der Waals surface area contributed by atoms with Crippen molar-refractivity contribution in [3.8, 4) is 34.1 Å². The zero-order chi connectivity index (χ0) is 24.6. The van der Waals surface area contributed by atoms with Crippen molar-refractivity contribution in [2.75, 3.05) is 7.11 Å². The lowest BCUT2D eigenvalue weighted by molar-refractivity contribution is 0.415. The summed E-state index contributed by atoms with van der Waals surface area (Å²) in [6.07, 6.45) is 3.76. The van der Waals surface area contributed by atoms with Gasteiger partial charge in [-0.05, 0) is 54.6 Å². The standard InChI is InChI=1S/C27H18ClN5O2S/c1-35-22-12-10-17(11-13-22)24-19(16-32(30-24)21-8-3-2-4-9-21)15-23-26(34)33-27(36-23)29-25(31-33)18-6-5-7-20(28)14-18/h2-16H,1H3. The molecule has 0 fully saturated rings. The molecule has 0 unspecified atom stereocenters. The van der Waals surface area contributed by atoms with E-state index in [1.54, 1.807) is 19.2 Å². The molecular weight excluding hydrogens is 494 g/mol. The van der Waals surface area contributed by atoms with Gasteiger partial charge in [0.25, 0.3) is 5.56 Å². The number of hydrogen-bond acceptors (Lipinski definition) is 6. The molecule has 0 aliphatic carbocycles. The minimum atomic E-state index is -0.232. The maximum absolute atomic E-state index is 13.2. The minimum absolute atomic E-state index is 0.232. The molecule has 36 heavy (non-hydrogen) atoms. The van der Waals surface area contributed by atoms with Gasteiger partial charge in [0.1, 0.15) is 11.4 Å². The van der Waals surface area contributed by atoms with Gasteiger partial charge in [0.15, 0.2) is 5.82 Å². The average Bonchev–Trinajstić information content (AvgIpc) is 3.60. The fourth-order valence-electron chi connectivity index (χ4n) is 3.90. The normalized spacial score (nSPS) is 11.9. The quantitative estimate of drug-likeness (QED) is 0.330. The van der Waals surface area contributed by atoms with Gasteiger partial charge in [-0.2, -0.15) is 14.6 Å². The van der Waals surface area contributed by atoms with E-state index in [4.69, 9.17) is 21.4 Å². The third-order valence-corrected chi connectivity index (χ3v) is 6.87. The van der Waals surface area contributed by atoms with E-state index in [0.717, 1.165) is 33.8 Å². The molecule has 0 saturated heterocycles. The van der Waals surface area contributed by atoms with Crippen LogP contribution in [-0.4, -0.2) is 31.5 Å². The summed E-state index contributed by atoms with van der Waals surface area (Å²) >= 11 is 7.39. The van der Waals surface area contributed by atoms with Crippen LogP contribution in [0, 0.1) is 0 Å². The SMILES string of the molecule is COc1ccc(-c2nn(-c3ccccc3)cc2C=c2sc3nc(-c4cccc(Cl)c4)nn3c2=O)cc1. The van der Waals surface area contributed by atoms with Gasteiger partial charge in [0.2, 0.25) is 4.96 Å². The van der Waals surface area contributed by atoms with Crippen LogP contribution in [0.2, 0.25) is 5.02 Å². The van der Waals surface area contributed by atoms with Crippen LogP contribution in [0.5, 0.6) is 5.75 Å². The molecule has 0 radical (unpaired) electrons. The lowest BCUT2D eigenvalue weighted by Gasteiger charge is -2.02. The van der Waals surface area contributed by atoms with Gasteiger partial charge in [0.05, 0.1) is 17.3 Å². The predicted molar refractivity (Wildman–Crippen MR) is 142 cm³/mol. The van der Waals surface area contributed by atoms with Crippen molar-refractivity contribution in [1.82, 2.24) is 24.4 Å². The second-order valence-electron chi connectivity index (χ2n) is 8.00. The molecule has 0 atom stereocenters. The van der Waals surface area contributed by atoms with Gasteiger partial charge in [-0.15, -0.1) is 5.10 Å². The molecule has 0 spiro atoms. The molecule has 0 amide bonds. The summed E-state index contributed by atoms with van der Waals surface area (Å²) in [6.45, 7) is 0. The predicted octanol–water partition coefficient (Wildman–Crippen LogP) is 4.88. The van der Waals surface area contributed by atoms with E-state index in [2.05, 4.69) is 10.1 Å². The zero-order valence-electron chi connectivity index (χ0n) is 19.0. The summed E-state index contributed by atoms with van der Waals surface area (Å²) in [7, 11) is 1.63. The van der Waals surface area contributed by atoms with Crippen LogP contribution in [0.1, 0.15) is 5.56 Å². The number of nitrogens with zero attached hydrogens (tertiary/aromatic N) is 5. The lowest BCUT2D eigenvalue weighted by Crippen LogP contribution is -2.23. The Morgan fingerprint density at radius 1 is 0.944 bits per heavy atom. The number of rotatable bonds is 5. The Morgan fingerprint density at radius 3 is 2.47 bits per heavy atom. The highest BCUT2D eigenvalue weighted by Crippen LogP contribution is 2.26. The number of methoxy groups -OCH3 is 1. The number of fused-ring (bicyclic) bond motifs is 1. The first-order valence-corrected chi connectivity index (χ1v) is 12.3. The van der Waals surface area contributed by atoms with Crippen LogP contribution in [0.4, 0.5) is 0 Å². The lowest BCUT2D eigenvalue weighted by atomic mass is 10.1. The molecule has 3 aromatic carbocycles. The summed E-state index contributed by atoms with van der Waals surface area (Å²) in [5.74, 6) is 1.22. The van der Waals surface area contributed by atoms with Crippen molar-refractivity contribution < 1.29 is 4.74 Å². The third-order valence-electron chi connectivity index (χ3n) is 5.68. The smallest absolute Gasteiger partial charge is 0.291 e. The van der Waals surface area contributed by atoms with Gasteiger partial charge < -0.3 is 4.74 Å². The first-order chi connectivity index (χ1) is 17.6. The van der Waals surface area contributed by atoms with Crippen LogP contribution in [0.25, 0.3) is 39.4 Å². The molecule has 176 valence electrons. The van der Waals surface area contributed by atoms with Gasteiger partial charge >= 0.3 is 0 Å². The zero-order valence-corrected chi connectivity index (χ0v) is 20.6. The summed E-state index contributed by atoms with van der Waals surface area (Å²) in [6, 6.07) is 24.8. The fraction of sp³-hybridized carbons (Fsp3) is 0.0370. The molecule has 7 nitrogen and oxygen atoms in total. The molecule has 0 N–H and O–H groups in total. The molecule has 0 aliphatic heterocycles. The molecule has 9 heteroatoms. The van der Waals surface area contributed by atoms with Crippen LogP contribution in [0.3, 0.4) is 0 Å². The largest absolute Gasteiger partial charge is 0.497 e. The summed E-state index contributed by atoms with van der Waals surface area (Å²) in [5.41, 5.74) is 3.91. The minimum Gasteiger partial charge on any atom is -0.497 e. The Kier molecular flexibility index (Phi) is 5.59. The Balaban J connectivity index is 1.48. The van der Waals surface area contributed by atoms with E-state index < -0.39 is 0 Å². The molecule has 6 rings (SSSR count).